The third kappa shape index (κ3) is 2.23. The van der Waals surface area contributed by atoms with Crippen molar-refractivity contribution in [2.24, 2.45) is 5.73 Å². The first-order chi connectivity index (χ1) is 8.44. The zero-order valence-electron chi connectivity index (χ0n) is 10.1. The predicted molar refractivity (Wildman–Crippen MR) is 63.8 cm³/mol. The molecule has 0 aliphatic carbocycles. The fourth-order valence-electron chi connectivity index (χ4n) is 2.14. The monoisotopic (exact) mass is 253 g/mol. The summed E-state index contributed by atoms with van der Waals surface area (Å²) in [6.07, 6.45) is 0.567. The van der Waals surface area contributed by atoms with Gasteiger partial charge in [-0.1, -0.05) is 12.1 Å². The van der Waals surface area contributed by atoms with Crippen molar-refractivity contribution in [3.05, 3.63) is 35.1 Å². The Kier molecular flexibility index (Phi) is 3.36. The van der Waals surface area contributed by atoms with Gasteiger partial charge in [-0.25, -0.2) is 4.39 Å². The zero-order chi connectivity index (χ0) is 13.3. The van der Waals surface area contributed by atoms with Crippen LogP contribution in [0.25, 0.3) is 0 Å². The molecule has 0 aromatic heterocycles. The standard InChI is InChI=1S/C13H16FNO3/c1-8(12(16)17)9-2-3-10(11(14)6-9)13(15)4-5-18-7-13/h2-3,6,8H,4-5,7,15H2,1H3,(H,16,17). The van der Waals surface area contributed by atoms with E-state index < -0.39 is 23.2 Å². The van der Waals surface area contributed by atoms with E-state index in [4.69, 9.17) is 15.6 Å². The highest BCUT2D eigenvalue weighted by atomic mass is 19.1. The van der Waals surface area contributed by atoms with Crippen molar-refractivity contribution in [2.75, 3.05) is 13.2 Å². The number of ether oxygens (including phenoxy) is 1. The molecule has 2 unspecified atom stereocenters. The second-order valence-electron chi connectivity index (χ2n) is 4.76. The molecule has 5 heteroatoms. The number of carboxylic acid groups (broad SMARTS) is 1. The summed E-state index contributed by atoms with van der Waals surface area (Å²) in [4.78, 5) is 10.8. The van der Waals surface area contributed by atoms with Crippen LogP contribution in [0.5, 0.6) is 0 Å². The number of carbonyl (C=O) groups is 1. The summed E-state index contributed by atoms with van der Waals surface area (Å²) >= 11 is 0. The van der Waals surface area contributed by atoms with Crippen molar-refractivity contribution < 1.29 is 19.0 Å². The van der Waals surface area contributed by atoms with Gasteiger partial charge in [-0.05, 0) is 25.0 Å². The van der Waals surface area contributed by atoms with Gasteiger partial charge in [0.2, 0.25) is 0 Å². The van der Waals surface area contributed by atoms with E-state index in [1.54, 1.807) is 12.1 Å². The third-order valence-corrected chi connectivity index (χ3v) is 3.45. The summed E-state index contributed by atoms with van der Waals surface area (Å²) in [7, 11) is 0. The Morgan fingerprint density at radius 3 is 2.83 bits per heavy atom. The summed E-state index contributed by atoms with van der Waals surface area (Å²) in [5.41, 5.74) is 6.12. The van der Waals surface area contributed by atoms with Crippen LogP contribution in [-0.4, -0.2) is 24.3 Å². The van der Waals surface area contributed by atoms with Gasteiger partial charge in [0.1, 0.15) is 5.82 Å². The summed E-state index contributed by atoms with van der Waals surface area (Å²) in [6, 6.07) is 4.43. The van der Waals surface area contributed by atoms with Gasteiger partial charge in [0.25, 0.3) is 0 Å². The quantitative estimate of drug-likeness (QED) is 0.858. The van der Waals surface area contributed by atoms with E-state index >= 15 is 0 Å². The van der Waals surface area contributed by atoms with Crippen LogP contribution in [0.1, 0.15) is 30.4 Å². The van der Waals surface area contributed by atoms with Crippen LogP contribution < -0.4 is 5.73 Å². The first-order valence-electron chi connectivity index (χ1n) is 5.83. The molecule has 1 fully saturated rings. The van der Waals surface area contributed by atoms with Gasteiger partial charge >= 0.3 is 5.97 Å². The smallest absolute Gasteiger partial charge is 0.310 e. The number of hydrogen-bond acceptors (Lipinski definition) is 3. The number of halogens is 1. The molecule has 0 radical (unpaired) electrons. The largest absolute Gasteiger partial charge is 0.481 e. The van der Waals surface area contributed by atoms with Crippen molar-refractivity contribution in [1.29, 1.82) is 0 Å². The summed E-state index contributed by atoms with van der Waals surface area (Å²) < 4.78 is 19.2. The minimum atomic E-state index is -0.978. The van der Waals surface area contributed by atoms with Gasteiger partial charge in [-0.3, -0.25) is 4.79 Å². The van der Waals surface area contributed by atoms with Gasteiger partial charge in [0.05, 0.1) is 18.1 Å². The van der Waals surface area contributed by atoms with E-state index in [0.717, 1.165) is 0 Å². The topological polar surface area (TPSA) is 72.5 Å². The van der Waals surface area contributed by atoms with Crippen LogP contribution in [0.4, 0.5) is 4.39 Å². The maximum absolute atomic E-state index is 14.0. The zero-order valence-corrected chi connectivity index (χ0v) is 10.1. The normalized spacial score (nSPS) is 25.1. The maximum atomic E-state index is 14.0. The lowest BCUT2D eigenvalue weighted by Crippen LogP contribution is -2.38. The molecule has 18 heavy (non-hydrogen) atoms. The molecule has 2 rings (SSSR count). The number of benzene rings is 1. The Labute approximate surface area is 105 Å². The van der Waals surface area contributed by atoms with Crippen molar-refractivity contribution >= 4 is 5.97 Å². The summed E-state index contributed by atoms with van der Waals surface area (Å²) in [6.45, 7) is 2.33. The number of carboxylic acids is 1. The minimum Gasteiger partial charge on any atom is -0.481 e. The van der Waals surface area contributed by atoms with Crippen LogP contribution in [0.2, 0.25) is 0 Å². The van der Waals surface area contributed by atoms with E-state index in [2.05, 4.69) is 0 Å². The van der Waals surface area contributed by atoms with Gasteiger partial charge < -0.3 is 15.6 Å². The number of rotatable bonds is 3. The molecule has 98 valence electrons. The molecule has 0 spiro atoms. The van der Waals surface area contributed by atoms with Crippen LogP contribution in [-0.2, 0) is 15.1 Å². The molecule has 1 saturated heterocycles. The van der Waals surface area contributed by atoms with E-state index in [9.17, 15) is 9.18 Å². The summed E-state index contributed by atoms with van der Waals surface area (Å²) in [5.74, 6) is -2.18. The second kappa shape index (κ2) is 4.66. The van der Waals surface area contributed by atoms with E-state index in [1.165, 1.54) is 13.0 Å². The molecule has 0 amide bonds. The lowest BCUT2D eigenvalue weighted by atomic mass is 9.88. The number of hydrogen-bond donors (Lipinski definition) is 2. The average Bonchev–Trinajstić information content (AvgIpc) is 2.75. The Hall–Kier alpha value is -1.46. The van der Waals surface area contributed by atoms with E-state index in [0.29, 0.717) is 24.2 Å². The Balaban J connectivity index is 2.33. The van der Waals surface area contributed by atoms with E-state index in [1.807, 2.05) is 0 Å². The number of nitrogens with two attached hydrogens (primary N) is 1. The fourth-order valence-corrected chi connectivity index (χ4v) is 2.14. The highest BCUT2D eigenvalue weighted by Gasteiger charge is 2.35. The van der Waals surface area contributed by atoms with Gasteiger partial charge in [0, 0.05) is 12.2 Å². The van der Waals surface area contributed by atoms with Crippen molar-refractivity contribution in [2.45, 2.75) is 24.8 Å². The number of aliphatic carboxylic acids is 1. The lowest BCUT2D eigenvalue weighted by Gasteiger charge is -2.23. The molecule has 0 bridgehead atoms. The Morgan fingerprint density at radius 2 is 2.33 bits per heavy atom. The van der Waals surface area contributed by atoms with Crippen LogP contribution in [0.3, 0.4) is 0 Å². The second-order valence-corrected chi connectivity index (χ2v) is 4.76. The van der Waals surface area contributed by atoms with Gasteiger partial charge in [-0.15, -0.1) is 0 Å². The predicted octanol–water partition coefficient (Wildman–Crippen LogP) is 1.59. The fraction of sp³-hybridized carbons (Fsp3) is 0.462. The molecule has 1 aliphatic rings. The van der Waals surface area contributed by atoms with Crippen molar-refractivity contribution in [1.82, 2.24) is 0 Å². The molecule has 1 aliphatic heterocycles. The first kappa shape index (κ1) is 13.0. The Morgan fingerprint density at radius 1 is 1.61 bits per heavy atom. The molecular weight excluding hydrogens is 237 g/mol. The van der Waals surface area contributed by atoms with E-state index in [-0.39, 0.29) is 6.61 Å². The summed E-state index contributed by atoms with van der Waals surface area (Å²) in [5, 5.41) is 8.89. The lowest BCUT2D eigenvalue weighted by molar-refractivity contribution is -0.138. The van der Waals surface area contributed by atoms with Gasteiger partial charge in [-0.2, -0.15) is 0 Å². The SMILES string of the molecule is CC(C(=O)O)c1ccc(C2(N)CCOC2)c(F)c1. The van der Waals surface area contributed by atoms with Crippen LogP contribution >= 0.6 is 0 Å². The highest BCUT2D eigenvalue weighted by Crippen LogP contribution is 2.31. The molecule has 1 aromatic carbocycles. The minimum absolute atomic E-state index is 0.289. The van der Waals surface area contributed by atoms with Crippen molar-refractivity contribution in [3.63, 3.8) is 0 Å². The maximum Gasteiger partial charge on any atom is 0.310 e. The highest BCUT2D eigenvalue weighted by molar-refractivity contribution is 5.75. The Bertz CT molecular complexity index is 469. The first-order valence-corrected chi connectivity index (χ1v) is 5.83. The molecule has 3 N–H and O–H groups in total. The van der Waals surface area contributed by atoms with Crippen LogP contribution in [0, 0.1) is 5.82 Å². The third-order valence-electron chi connectivity index (χ3n) is 3.45. The van der Waals surface area contributed by atoms with Crippen LogP contribution in [0.15, 0.2) is 18.2 Å². The molecule has 2 atom stereocenters. The molecule has 1 heterocycles. The van der Waals surface area contributed by atoms with Crippen molar-refractivity contribution in [3.8, 4) is 0 Å². The molecule has 0 saturated carbocycles. The average molecular weight is 253 g/mol. The van der Waals surface area contributed by atoms with Gasteiger partial charge in [0.15, 0.2) is 0 Å². The molecule has 4 nitrogen and oxygen atoms in total. The molecule has 1 aromatic rings. The molecular formula is C13H16FNO3.